The third kappa shape index (κ3) is 2.53. The normalized spacial score (nSPS) is 10.5. The van der Waals surface area contributed by atoms with Crippen molar-refractivity contribution in [2.75, 3.05) is 7.11 Å². The zero-order chi connectivity index (χ0) is 13.3. The van der Waals surface area contributed by atoms with E-state index in [-0.39, 0.29) is 0 Å². The molecule has 0 aliphatic carbocycles. The van der Waals surface area contributed by atoms with Gasteiger partial charge in [-0.05, 0) is 66.0 Å². The van der Waals surface area contributed by atoms with E-state index >= 15 is 0 Å². The fourth-order valence-electron chi connectivity index (χ4n) is 1.83. The van der Waals surface area contributed by atoms with Gasteiger partial charge in [0.15, 0.2) is 4.73 Å². The van der Waals surface area contributed by atoms with Crippen molar-refractivity contribution < 1.29 is 4.74 Å². The van der Waals surface area contributed by atoms with Gasteiger partial charge in [-0.3, -0.25) is 0 Å². The molecule has 0 atom stereocenters. The van der Waals surface area contributed by atoms with E-state index in [1.54, 1.807) is 7.11 Å². The molecule has 0 aliphatic rings. The van der Waals surface area contributed by atoms with Crippen LogP contribution in [0.15, 0.2) is 22.9 Å². The summed E-state index contributed by atoms with van der Waals surface area (Å²) in [5.74, 6) is 0.836. The molecule has 2 rings (SSSR count). The Morgan fingerprint density at radius 1 is 1.00 bits per heavy atom. The molecule has 1 aromatic heterocycles. The smallest absolute Gasteiger partial charge is 0.197 e. The van der Waals surface area contributed by atoms with Gasteiger partial charge in [0, 0.05) is 11.3 Å². The van der Waals surface area contributed by atoms with Gasteiger partial charge in [-0.1, -0.05) is 0 Å². The maximum atomic E-state index is 5.44. The van der Waals surface area contributed by atoms with Crippen molar-refractivity contribution in [2.45, 2.75) is 20.8 Å². The fourth-order valence-corrected chi connectivity index (χ4v) is 2.30. The molecule has 0 N–H and O–H groups in total. The van der Waals surface area contributed by atoms with E-state index in [4.69, 9.17) is 4.74 Å². The van der Waals surface area contributed by atoms with Crippen LogP contribution in [0.2, 0.25) is 0 Å². The molecule has 1 aromatic carbocycles. The number of halogens is 1. The van der Waals surface area contributed by atoms with E-state index in [0.717, 1.165) is 22.7 Å². The molecular weight excluding hydrogens is 292 g/mol. The zero-order valence-electron chi connectivity index (χ0n) is 10.9. The molecule has 1 heterocycles. The maximum Gasteiger partial charge on any atom is 0.197 e. The summed E-state index contributed by atoms with van der Waals surface area (Å²) in [5, 5.41) is 0. The molecule has 0 radical (unpaired) electrons. The Morgan fingerprint density at radius 3 is 2.28 bits per heavy atom. The first-order valence-electron chi connectivity index (χ1n) is 5.68. The molecule has 0 amide bonds. The molecule has 0 saturated carbocycles. The Kier molecular flexibility index (Phi) is 3.66. The van der Waals surface area contributed by atoms with Gasteiger partial charge in [0.2, 0.25) is 0 Å². The van der Waals surface area contributed by atoms with Gasteiger partial charge in [-0.2, -0.15) is 0 Å². The van der Waals surface area contributed by atoms with Crippen LogP contribution in [-0.2, 0) is 0 Å². The number of ether oxygens (including phenoxy) is 1. The summed E-state index contributed by atoms with van der Waals surface area (Å²) in [6.07, 6.45) is 0. The Hall–Kier alpha value is -1.42. The first-order valence-corrected chi connectivity index (χ1v) is 6.47. The minimum absolute atomic E-state index is 0.595. The summed E-state index contributed by atoms with van der Waals surface area (Å²) >= 11 is 3.33. The summed E-state index contributed by atoms with van der Waals surface area (Å²) in [4.78, 5) is 8.63. The zero-order valence-corrected chi connectivity index (χ0v) is 12.5. The van der Waals surface area contributed by atoms with Crippen LogP contribution in [0.4, 0.5) is 0 Å². The highest BCUT2D eigenvalue weighted by molar-refractivity contribution is 9.10. The number of aryl methyl sites for hydroxylation is 3. The highest BCUT2D eigenvalue weighted by Gasteiger charge is 2.11. The molecule has 0 aliphatic heterocycles. The van der Waals surface area contributed by atoms with E-state index in [2.05, 4.69) is 45.8 Å². The van der Waals surface area contributed by atoms with Crippen LogP contribution in [0.3, 0.4) is 0 Å². The molecule has 0 spiro atoms. The second-order valence-corrected chi connectivity index (χ2v) is 5.01. The highest BCUT2D eigenvalue weighted by atomic mass is 79.9. The Balaban J connectivity index is 2.65. The number of hydrogen-bond donors (Lipinski definition) is 0. The highest BCUT2D eigenvalue weighted by Crippen LogP contribution is 2.32. The van der Waals surface area contributed by atoms with E-state index in [9.17, 15) is 0 Å². The van der Waals surface area contributed by atoms with Gasteiger partial charge in [-0.15, -0.1) is 0 Å². The lowest BCUT2D eigenvalue weighted by Gasteiger charge is -2.12. The van der Waals surface area contributed by atoms with Crippen molar-refractivity contribution in [3.63, 3.8) is 0 Å². The molecule has 0 bridgehead atoms. The molecule has 0 saturated heterocycles. The van der Waals surface area contributed by atoms with Crippen molar-refractivity contribution in [3.8, 4) is 17.0 Å². The fraction of sp³-hybridized carbons (Fsp3) is 0.286. The maximum absolute atomic E-state index is 5.44. The van der Waals surface area contributed by atoms with Crippen LogP contribution in [-0.4, -0.2) is 17.1 Å². The molecule has 18 heavy (non-hydrogen) atoms. The number of nitrogens with zero attached hydrogens (tertiary/aromatic N) is 2. The predicted octanol–water partition coefficient (Wildman–Crippen LogP) is 3.84. The number of benzene rings is 1. The van der Waals surface area contributed by atoms with Crippen molar-refractivity contribution >= 4 is 15.9 Å². The van der Waals surface area contributed by atoms with Gasteiger partial charge in [-0.25, -0.2) is 9.97 Å². The first-order chi connectivity index (χ1) is 8.51. The second-order valence-electron chi connectivity index (χ2n) is 4.30. The molecule has 2 aromatic rings. The predicted molar refractivity (Wildman–Crippen MR) is 75.9 cm³/mol. The summed E-state index contributed by atoms with van der Waals surface area (Å²) in [6, 6.07) is 6.09. The molecule has 3 nitrogen and oxygen atoms in total. The van der Waals surface area contributed by atoms with Gasteiger partial charge in [0.1, 0.15) is 5.75 Å². The second kappa shape index (κ2) is 5.06. The van der Waals surface area contributed by atoms with Crippen LogP contribution in [0.5, 0.6) is 5.75 Å². The molecular formula is C14H15BrN2O. The number of methoxy groups -OCH3 is 1. The molecule has 0 fully saturated rings. The monoisotopic (exact) mass is 306 g/mol. The topological polar surface area (TPSA) is 35.0 Å². The molecule has 4 heteroatoms. The van der Waals surface area contributed by atoms with Crippen molar-refractivity contribution in [2.24, 2.45) is 0 Å². The standard InChI is InChI=1S/C14H15BrN2O/c1-8-5-11(13(18-4)6-9(8)2)12-7-10(3)16-14(15)17-12/h5-7H,1-4H3. The average Bonchev–Trinajstić information content (AvgIpc) is 2.30. The first kappa shape index (κ1) is 13.0. The lowest BCUT2D eigenvalue weighted by molar-refractivity contribution is 0.416. The lowest BCUT2D eigenvalue weighted by Crippen LogP contribution is -1.96. The Bertz CT molecular complexity index is 576. The van der Waals surface area contributed by atoms with E-state index in [1.807, 2.05) is 19.1 Å². The van der Waals surface area contributed by atoms with Crippen molar-refractivity contribution in [1.82, 2.24) is 9.97 Å². The largest absolute Gasteiger partial charge is 0.496 e. The summed E-state index contributed by atoms with van der Waals surface area (Å²) in [7, 11) is 1.68. The van der Waals surface area contributed by atoms with Gasteiger partial charge in [0.25, 0.3) is 0 Å². The minimum atomic E-state index is 0.595. The van der Waals surface area contributed by atoms with Crippen LogP contribution >= 0.6 is 15.9 Å². The van der Waals surface area contributed by atoms with Gasteiger partial charge >= 0.3 is 0 Å². The van der Waals surface area contributed by atoms with Crippen LogP contribution < -0.4 is 4.74 Å². The average molecular weight is 307 g/mol. The summed E-state index contributed by atoms with van der Waals surface area (Å²) in [5.41, 5.74) is 5.21. The van der Waals surface area contributed by atoms with E-state index in [1.165, 1.54) is 11.1 Å². The molecule has 0 unspecified atom stereocenters. The summed E-state index contributed by atoms with van der Waals surface area (Å²) in [6.45, 7) is 6.10. The van der Waals surface area contributed by atoms with Crippen LogP contribution in [0.1, 0.15) is 16.8 Å². The van der Waals surface area contributed by atoms with Gasteiger partial charge < -0.3 is 4.74 Å². The quantitative estimate of drug-likeness (QED) is 0.791. The number of hydrogen-bond acceptors (Lipinski definition) is 3. The van der Waals surface area contributed by atoms with E-state index in [0.29, 0.717) is 4.73 Å². The Labute approximate surface area is 115 Å². The number of aromatic nitrogens is 2. The SMILES string of the molecule is COc1cc(C)c(C)cc1-c1cc(C)nc(Br)n1. The minimum Gasteiger partial charge on any atom is -0.496 e. The van der Waals surface area contributed by atoms with Crippen molar-refractivity contribution in [3.05, 3.63) is 39.8 Å². The Morgan fingerprint density at radius 2 is 1.67 bits per heavy atom. The molecule has 94 valence electrons. The summed E-state index contributed by atoms with van der Waals surface area (Å²) < 4.78 is 6.03. The van der Waals surface area contributed by atoms with E-state index < -0.39 is 0 Å². The number of rotatable bonds is 2. The van der Waals surface area contributed by atoms with Gasteiger partial charge in [0.05, 0.1) is 12.8 Å². The third-order valence-electron chi connectivity index (χ3n) is 2.92. The van der Waals surface area contributed by atoms with Crippen LogP contribution in [0, 0.1) is 20.8 Å². The van der Waals surface area contributed by atoms with Crippen LogP contribution in [0.25, 0.3) is 11.3 Å². The third-order valence-corrected chi connectivity index (χ3v) is 3.27. The van der Waals surface area contributed by atoms with Crippen molar-refractivity contribution in [1.29, 1.82) is 0 Å². The lowest BCUT2D eigenvalue weighted by atomic mass is 10.0.